The molecule has 160 valence electrons. The molecule has 0 amide bonds. The van der Waals surface area contributed by atoms with Gasteiger partial charge in [-0.2, -0.15) is 18.2 Å². The second-order valence-corrected chi connectivity index (χ2v) is 8.76. The van der Waals surface area contributed by atoms with Crippen LogP contribution < -0.4 is 5.32 Å². The molecule has 31 heavy (non-hydrogen) atoms. The van der Waals surface area contributed by atoms with Gasteiger partial charge in [-0.25, -0.2) is 17.8 Å². The van der Waals surface area contributed by atoms with Gasteiger partial charge in [0.15, 0.2) is 9.84 Å². The van der Waals surface area contributed by atoms with Crippen molar-refractivity contribution in [3.05, 3.63) is 72.3 Å². The molecule has 2 aromatic heterocycles. The van der Waals surface area contributed by atoms with Gasteiger partial charge in [0.05, 0.1) is 10.5 Å². The molecule has 0 spiro atoms. The van der Waals surface area contributed by atoms with E-state index in [0.717, 1.165) is 18.4 Å². The van der Waals surface area contributed by atoms with Crippen molar-refractivity contribution in [2.45, 2.75) is 11.1 Å². The fraction of sp³-hybridized carbons (Fsp3) is 0.100. The van der Waals surface area contributed by atoms with Gasteiger partial charge in [-0.3, -0.25) is 0 Å². The summed E-state index contributed by atoms with van der Waals surface area (Å²) in [5.41, 5.74) is -0.340. The fourth-order valence-corrected chi connectivity index (χ4v) is 3.62. The van der Waals surface area contributed by atoms with E-state index in [1.807, 2.05) is 0 Å². The second kappa shape index (κ2) is 7.34. The minimum Gasteiger partial charge on any atom is -0.324 e. The number of hydrogen-bond donors (Lipinski definition) is 1. The van der Waals surface area contributed by atoms with Crippen molar-refractivity contribution < 1.29 is 26.0 Å². The van der Waals surface area contributed by atoms with E-state index in [2.05, 4.69) is 15.3 Å². The Morgan fingerprint density at radius 1 is 1.03 bits per heavy atom. The summed E-state index contributed by atoms with van der Waals surface area (Å²) in [5, 5.41) is 3.31. The lowest BCUT2D eigenvalue weighted by Gasteiger charge is -2.11. The number of sulfone groups is 1. The van der Waals surface area contributed by atoms with Crippen molar-refractivity contribution in [2.75, 3.05) is 11.6 Å². The summed E-state index contributed by atoms with van der Waals surface area (Å²) in [4.78, 5) is 8.59. The number of rotatable bonds is 4. The van der Waals surface area contributed by atoms with Gasteiger partial charge in [0.25, 0.3) is 0 Å². The predicted molar refractivity (Wildman–Crippen MR) is 107 cm³/mol. The molecule has 1 N–H and O–H groups in total. The number of hydrogen-bond acceptors (Lipinski definition) is 5. The lowest BCUT2D eigenvalue weighted by atomic mass is 10.2. The zero-order chi connectivity index (χ0) is 22.4. The molecule has 0 atom stereocenters. The molecule has 0 saturated carbocycles. The van der Waals surface area contributed by atoms with E-state index in [-0.39, 0.29) is 16.5 Å². The van der Waals surface area contributed by atoms with Crippen LogP contribution in [0.25, 0.3) is 16.7 Å². The lowest BCUT2D eigenvalue weighted by molar-refractivity contribution is -0.139. The van der Waals surface area contributed by atoms with Crippen molar-refractivity contribution in [1.82, 2.24) is 14.5 Å². The van der Waals surface area contributed by atoms with E-state index >= 15 is 0 Å². The van der Waals surface area contributed by atoms with Crippen LogP contribution >= 0.6 is 0 Å². The smallest absolute Gasteiger partial charge is 0.324 e. The standard InChI is InChI=1S/C20H14F4N4O2S/c1-31(29,30)15-5-3-14(4-6-15)28-9-8-12-11-25-19(27-18(12)28)26-13-2-7-17(21)16(10-13)20(22,23)24/h2-11H,1H3,(H,25,26,27). The molecular formula is C20H14F4N4O2S. The number of benzene rings is 2. The highest BCUT2D eigenvalue weighted by Gasteiger charge is 2.34. The Morgan fingerprint density at radius 3 is 2.39 bits per heavy atom. The van der Waals surface area contributed by atoms with Crippen LogP contribution in [0.15, 0.2) is 65.8 Å². The van der Waals surface area contributed by atoms with Crippen molar-refractivity contribution in [2.24, 2.45) is 0 Å². The Kier molecular flexibility index (Phi) is 4.92. The zero-order valence-electron chi connectivity index (χ0n) is 15.9. The quantitative estimate of drug-likeness (QED) is 0.455. The second-order valence-electron chi connectivity index (χ2n) is 6.74. The summed E-state index contributed by atoms with van der Waals surface area (Å²) in [6.07, 6.45) is -0.532. The molecule has 0 fully saturated rings. The molecular weight excluding hydrogens is 436 g/mol. The average Bonchev–Trinajstić information content (AvgIpc) is 3.11. The predicted octanol–water partition coefficient (Wildman–Crippen LogP) is 4.73. The summed E-state index contributed by atoms with van der Waals surface area (Å²) >= 11 is 0. The minimum atomic E-state index is -4.83. The molecule has 0 radical (unpaired) electrons. The molecule has 2 heterocycles. The van der Waals surface area contributed by atoms with E-state index in [1.165, 1.54) is 18.3 Å². The normalized spacial score (nSPS) is 12.3. The minimum absolute atomic E-state index is 0.0138. The largest absolute Gasteiger partial charge is 0.419 e. The summed E-state index contributed by atoms with van der Waals surface area (Å²) < 4.78 is 77.3. The first-order chi connectivity index (χ1) is 14.5. The van der Waals surface area contributed by atoms with Crippen LogP contribution in [0, 0.1) is 5.82 Å². The number of nitrogens with zero attached hydrogens (tertiary/aromatic N) is 3. The van der Waals surface area contributed by atoms with Crippen LogP contribution in [-0.4, -0.2) is 29.2 Å². The van der Waals surface area contributed by atoms with Gasteiger partial charge in [0.2, 0.25) is 5.95 Å². The molecule has 0 bridgehead atoms. The molecule has 11 heteroatoms. The Bertz CT molecular complexity index is 1380. The van der Waals surface area contributed by atoms with Crippen LogP contribution in [0.2, 0.25) is 0 Å². The third-order valence-electron chi connectivity index (χ3n) is 4.50. The molecule has 4 aromatic rings. The van der Waals surface area contributed by atoms with E-state index in [1.54, 1.807) is 29.0 Å². The number of alkyl halides is 3. The third-order valence-corrected chi connectivity index (χ3v) is 5.63. The zero-order valence-corrected chi connectivity index (χ0v) is 16.7. The Morgan fingerprint density at radius 2 is 1.74 bits per heavy atom. The van der Waals surface area contributed by atoms with Crippen LogP contribution in [0.4, 0.5) is 29.2 Å². The molecule has 4 rings (SSSR count). The molecule has 0 unspecified atom stereocenters. The average molecular weight is 450 g/mol. The van der Waals surface area contributed by atoms with Crippen molar-refractivity contribution in [3.63, 3.8) is 0 Å². The molecule has 0 aliphatic heterocycles. The van der Waals surface area contributed by atoms with Crippen molar-refractivity contribution >= 4 is 32.5 Å². The summed E-state index contributed by atoms with van der Waals surface area (Å²) in [7, 11) is -3.34. The van der Waals surface area contributed by atoms with E-state index < -0.39 is 27.4 Å². The highest BCUT2D eigenvalue weighted by atomic mass is 32.2. The van der Waals surface area contributed by atoms with E-state index in [4.69, 9.17) is 0 Å². The van der Waals surface area contributed by atoms with Crippen molar-refractivity contribution in [3.8, 4) is 5.69 Å². The maximum atomic E-state index is 13.5. The number of nitrogens with one attached hydrogen (secondary N) is 1. The fourth-order valence-electron chi connectivity index (χ4n) is 2.99. The van der Waals surface area contributed by atoms with Crippen LogP contribution in [-0.2, 0) is 16.0 Å². The number of fused-ring (bicyclic) bond motifs is 1. The first kappa shape index (κ1) is 20.8. The maximum absolute atomic E-state index is 13.5. The first-order valence-corrected chi connectivity index (χ1v) is 10.7. The molecule has 0 aliphatic carbocycles. The van der Waals surface area contributed by atoms with Gasteiger partial charge in [0.1, 0.15) is 11.5 Å². The summed E-state index contributed by atoms with van der Waals surface area (Å²) in [5.74, 6) is -1.36. The number of aromatic nitrogens is 3. The Balaban J connectivity index is 1.69. The van der Waals surface area contributed by atoms with Gasteiger partial charge >= 0.3 is 6.18 Å². The molecule has 0 aliphatic rings. The number of halogens is 4. The molecule has 0 saturated heterocycles. The van der Waals surface area contributed by atoms with Crippen LogP contribution in [0.1, 0.15) is 5.56 Å². The van der Waals surface area contributed by atoms with E-state index in [9.17, 15) is 26.0 Å². The topological polar surface area (TPSA) is 76.9 Å². The van der Waals surface area contributed by atoms with Crippen LogP contribution in [0.5, 0.6) is 0 Å². The monoisotopic (exact) mass is 450 g/mol. The Labute approximate surface area is 174 Å². The highest BCUT2D eigenvalue weighted by molar-refractivity contribution is 7.90. The number of anilines is 2. The SMILES string of the molecule is CS(=O)(=O)c1ccc(-n2ccc3cnc(Nc4ccc(F)c(C(F)(F)F)c4)nc32)cc1. The first-order valence-electron chi connectivity index (χ1n) is 8.81. The van der Waals surface area contributed by atoms with Gasteiger partial charge in [-0.15, -0.1) is 0 Å². The molecule has 2 aromatic carbocycles. The van der Waals surface area contributed by atoms with Gasteiger partial charge < -0.3 is 9.88 Å². The lowest BCUT2D eigenvalue weighted by Crippen LogP contribution is -2.09. The molecule has 6 nitrogen and oxygen atoms in total. The van der Waals surface area contributed by atoms with E-state index in [0.29, 0.717) is 22.8 Å². The maximum Gasteiger partial charge on any atom is 0.419 e. The highest BCUT2D eigenvalue weighted by Crippen LogP contribution is 2.33. The summed E-state index contributed by atoms with van der Waals surface area (Å²) in [6.45, 7) is 0. The van der Waals surface area contributed by atoms with Crippen molar-refractivity contribution in [1.29, 1.82) is 0 Å². The van der Waals surface area contributed by atoms with Gasteiger partial charge in [-0.05, 0) is 48.5 Å². The van der Waals surface area contributed by atoms with Gasteiger partial charge in [0, 0.05) is 35.4 Å². The van der Waals surface area contributed by atoms with Crippen LogP contribution in [0.3, 0.4) is 0 Å². The summed E-state index contributed by atoms with van der Waals surface area (Å²) in [6, 6.07) is 10.4. The van der Waals surface area contributed by atoms with Gasteiger partial charge in [-0.1, -0.05) is 0 Å². The third kappa shape index (κ3) is 4.22. The Hall–Kier alpha value is -3.47.